The van der Waals surface area contributed by atoms with Gasteiger partial charge in [-0.3, -0.25) is 9.59 Å². The van der Waals surface area contributed by atoms with Gasteiger partial charge in [0.05, 0.1) is 16.5 Å². The fourth-order valence-electron chi connectivity index (χ4n) is 2.02. The Bertz CT molecular complexity index is 574. The quantitative estimate of drug-likeness (QED) is 0.914. The molecule has 20 heavy (non-hydrogen) atoms. The van der Waals surface area contributed by atoms with Crippen LogP contribution in [0.15, 0.2) is 18.2 Å². The lowest BCUT2D eigenvalue weighted by Gasteiger charge is -2.18. The monoisotopic (exact) mass is 307 g/mol. The van der Waals surface area contributed by atoms with Gasteiger partial charge >= 0.3 is 12.1 Å². The van der Waals surface area contributed by atoms with Gasteiger partial charge in [0.15, 0.2) is 0 Å². The van der Waals surface area contributed by atoms with Gasteiger partial charge in [-0.15, -0.1) is 0 Å². The van der Waals surface area contributed by atoms with Crippen molar-refractivity contribution in [1.29, 1.82) is 0 Å². The van der Waals surface area contributed by atoms with Crippen LogP contribution in [0.2, 0.25) is 5.02 Å². The van der Waals surface area contributed by atoms with E-state index in [4.69, 9.17) is 16.7 Å². The fraction of sp³-hybridized carbons (Fsp3) is 0.333. The van der Waals surface area contributed by atoms with Gasteiger partial charge in [0, 0.05) is 18.7 Å². The normalized spacial score (nSPS) is 19.5. The Hall–Kier alpha value is -1.76. The van der Waals surface area contributed by atoms with Crippen LogP contribution >= 0.6 is 11.6 Å². The van der Waals surface area contributed by atoms with E-state index >= 15 is 0 Å². The van der Waals surface area contributed by atoms with E-state index in [1.165, 1.54) is 6.07 Å². The average molecular weight is 308 g/mol. The Labute approximate surface area is 116 Å². The second kappa shape index (κ2) is 4.97. The number of anilines is 1. The van der Waals surface area contributed by atoms with E-state index in [1.54, 1.807) is 0 Å². The van der Waals surface area contributed by atoms with Crippen molar-refractivity contribution in [3.8, 4) is 0 Å². The zero-order valence-electron chi connectivity index (χ0n) is 9.95. The number of rotatable bonds is 2. The maximum absolute atomic E-state index is 12.7. The van der Waals surface area contributed by atoms with E-state index in [9.17, 15) is 22.8 Å². The minimum absolute atomic E-state index is 0.00419. The Morgan fingerprint density at radius 3 is 2.55 bits per heavy atom. The van der Waals surface area contributed by atoms with Crippen LogP contribution in [0.5, 0.6) is 0 Å². The molecule has 1 saturated heterocycles. The number of nitrogens with zero attached hydrogens (tertiary/aromatic N) is 1. The molecule has 0 spiro atoms. The summed E-state index contributed by atoms with van der Waals surface area (Å²) in [5.41, 5.74) is -1.06. The van der Waals surface area contributed by atoms with E-state index in [0.29, 0.717) is 0 Å². The molecule has 0 radical (unpaired) electrons. The first-order valence-electron chi connectivity index (χ1n) is 5.60. The molecule has 0 aliphatic carbocycles. The largest absolute Gasteiger partial charge is 0.481 e. The third kappa shape index (κ3) is 2.72. The summed E-state index contributed by atoms with van der Waals surface area (Å²) in [4.78, 5) is 23.5. The maximum atomic E-state index is 12.7. The third-order valence-electron chi connectivity index (χ3n) is 3.04. The minimum Gasteiger partial charge on any atom is -0.481 e. The summed E-state index contributed by atoms with van der Waals surface area (Å²) in [6.07, 6.45) is -4.86. The summed E-state index contributed by atoms with van der Waals surface area (Å²) in [6, 6.07) is 3.06. The van der Waals surface area contributed by atoms with E-state index in [-0.39, 0.29) is 18.7 Å². The maximum Gasteiger partial charge on any atom is 0.417 e. The number of carboxylic acids is 1. The highest BCUT2D eigenvalue weighted by atomic mass is 35.5. The highest BCUT2D eigenvalue weighted by Gasteiger charge is 2.37. The van der Waals surface area contributed by atoms with Crippen LogP contribution in [0, 0.1) is 5.92 Å². The number of aliphatic carboxylic acids is 1. The van der Waals surface area contributed by atoms with Crippen LogP contribution in [0.1, 0.15) is 12.0 Å². The molecule has 1 N–H and O–H groups in total. The third-order valence-corrected chi connectivity index (χ3v) is 3.37. The first-order chi connectivity index (χ1) is 9.20. The van der Waals surface area contributed by atoms with Crippen molar-refractivity contribution >= 4 is 29.2 Å². The van der Waals surface area contributed by atoms with Gasteiger partial charge in [-0.1, -0.05) is 11.6 Å². The van der Waals surface area contributed by atoms with Crippen molar-refractivity contribution in [2.75, 3.05) is 11.4 Å². The molecule has 1 fully saturated rings. The summed E-state index contributed by atoms with van der Waals surface area (Å²) in [6.45, 7) is -0.146. The zero-order valence-corrected chi connectivity index (χ0v) is 10.7. The van der Waals surface area contributed by atoms with E-state index < -0.39 is 34.6 Å². The molecule has 1 atom stereocenters. The van der Waals surface area contributed by atoms with Gasteiger partial charge in [0.2, 0.25) is 5.91 Å². The number of carbonyl (C=O) groups is 2. The number of hydrogen-bond donors (Lipinski definition) is 1. The number of benzene rings is 1. The molecular weight excluding hydrogens is 299 g/mol. The molecule has 0 aromatic heterocycles. The van der Waals surface area contributed by atoms with Gasteiger partial charge in [-0.25, -0.2) is 0 Å². The van der Waals surface area contributed by atoms with E-state index in [1.807, 2.05) is 0 Å². The second-order valence-corrected chi connectivity index (χ2v) is 4.81. The standard InChI is InChI=1S/C12H9ClF3NO3/c13-9-2-1-7(4-8(9)12(14,15)16)17-5-6(11(19)20)3-10(17)18/h1-2,4,6H,3,5H2,(H,19,20)/t6-/m0/s1. The molecule has 1 aromatic rings. The zero-order chi connectivity index (χ0) is 15.1. The summed E-state index contributed by atoms with van der Waals surface area (Å²) in [7, 11) is 0. The van der Waals surface area contributed by atoms with Gasteiger partial charge in [0.1, 0.15) is 0 Å². The molecule has 2 rings (SSSR count). The molecular formula is C12H9ClF3NO3. The SMILES string of the molecule is O=C(O)[C@H]1CC(=O)N(c2ccc(Cl)c(C(F)(F)F)c2)C1. The highest BCUT2D eigenvalue weighted by molar-refractivity contribution is 6.31. The molecule has 1 heterocycles. The first kappa shape index (κ1) is 14.6. The first-order valence-corrected chi connectivity index (χ1v) is 5.98. The number of amides is 1. The van der Waals surface area contributed by atoms with Crippen molar-refractivity contribution in [1.82, 2.24) is 0 Å². The molecule has 1 aromatic carbocycles. The van der Waals surface area contributed by atoms with Crippen LogP contribution in [-0.2, 0) is 15.8 Å². The molecule has 0 unspecified atom stereocenters. The summed E-state index contributed by atoms with van der Waals surface area (Å²) < 4.78 is 38.2. The lowest BCUT2D eigenvalue weighted by atomic mass is 10.1. The summed E-state index contributed by atoms with van der Waals surface area (Å²) >= 11 is 5.49. The van der Waals surface area contributed by atoms with Crippen molar-refractivity contribution in [3.05, 3.63) is 28.8 Å². The predicted octanol–water partition coefficient (Wildman–Crippen LogP) is 2.80. The van der Waals surface area contributed by atoms with Gasteiger partial charge in [-0.05, 0) is 18.2 Å². The van der Waals surface area contributed by atoms with E-state index in [0.717, 1.165) is 17.0 Å². The average Bonchev–Trinajstić information content (AvgIpc) is 2.71. The second-order valence-electron chi connectivity index (χ2n) is 4.41. The molecule has 4 nitrogen and oxygen atoms in total. The van der Waals surface area contributed by atoms with Gasteiger partial charge in [-0.2, -0.15) is 13.2 Å². The topological polar surface area (TPSA) is 57.6 Å². The number of alkyl halides is 3. The molecule has 0 saturated carbocycles. The molecule has 8 heteroatoms. The van der Waals surface area contributed by atoms with Crippen molar-refractivity contribution in [3.63, 3.8) is 0 Å². The number of carbonyl (C=O) groups excluding carboxylic acids is 1. The van der Waals surface area contributed by atoms with Crippen molar-refractivity contribution in [2.24, 2.45) is 5.92 Å². The van der Waals surface area contributed by atoms with Crippen LogP contribution in [0.4, 0.5) is 18.9 Å². The number of carboxylic acid groups (broad SMARTS) is 1. The summed E-state index contributed by atoms with van der Waals surface area (Å²) in [5, 5.41) is 8.37. The van der Waals surface area contributed by atoms with Crippen LogP contribution in [0.25, 0.3) is 0 Å². The Morgan fingerprint density at radius 1 is 1.40 bits per heavy atom. The Balaban J connectivity index is 2.35. The molecule has 1 aliphatic rings. The summed E-state index contributed by atoms with van der Waals surface area (Å²) in [5.74, 6) is -2.58. The fourth-order valence-corrected chi connectivity index (χ4v) is 2.25. The molecule has 1 amide bonds. The minimum atomic E-state index is -4.64. The lowest BCUT2D eigenvalue weighted by molar-refractivity contribution is -0.141. The van der Waals surface area contributed by atoms with E-state index in [2.05, 4.69) is 0 Å². The number of halogens is 4. The molecule has 1 aliphatic heterocycles. The highest BCUT2D eigenvalue weighted by Crippen LogP contribution is 2.38. The molecule has 0 bridgehead atoms. The molecule has 108 valence electrons. The van der Waals surface area contributed by atoms with Gasteiger partial charge < -0.3 is 10.0 Å². The van der Waals surface area contributed by atoms with Crippen LogP contribution in [-0.4, -0.2) is 23.5 Å². The smallest absolute Gasteiger partial charge is 0.417 e. The lowest BCUT2D eigenvalue weighted by Crippen LogP contribution is -2.26. The van der Waals surface area contributed by atoms with Gasteiger partial charge in [0.25, 0.3) is 0 Å². The van der Waals surface area contributed by atoms with Crippen LogP contribution < -0.4 is 4.90 Å². The van der Waals surface area contributed by atoms with Crippen molar-refractivity contribution in [2.45, 2.75) is 12.6 Å². The Kier molecular flexibility index (Phi) is 3.64. The number of hydrogen-bond acceptors (Lipinski definition) is 2. The van der Waals surface area contributed by atoms with Crippen molar-refractivity contribution < 1.29 is 27.9 Å². The predicted molar refractivity (Wildman–Crippen MR) is 64.5 cm³/mol. The van der Waals surface area contributed by atoms with Crippen LogP contribution in [0.3, 0.4) is 0 Å². The Morgan fingerprint density at radius 2 is 2.05 bits per heavy atom.